The number of allylic oxidation sites excluding steroid dienone is 8. The van der Waals surface area contributed by atoms with Gasteiger partial charge in [0.25, 0.3) is 0 Å². The van der Waals surface area contributed by atoms with Gasteiger partial charge in [0.2, 0.25) is 0 Å². The van der Waals surface area contributed by atoms with Gasteiger partial charge in [0.05, 0.1) is 0 Å². The molecule has 0 aromatic rings. The Bertz CT molecular complexity index is 363. The zero-order valence-corrected chi connectivity index (χ0v) is 11.4. The molecule has 0 aliphatic carbocycles. The maximum absolute atomic E-state index is 4.27. The summed E-state index contributed by atoms with van der Waals surface area (Å²) in [6.07, 6.45) is 15.6. The lowest BCUT2D eigenvalue weighted by molar-refractivity contribution is 0.833. The second-order valence-corrected chi connectivity index (χ2v) is 4.10. The highest BCUT2D eigenvalue weighted by atomic mass is 14.7. The third-order valence-electron chi connectivity index (χ3n) is 2.05. The van der Waals surface area contributed by atoms with E-state index in [1.54, 1.807) is 6.08 Å². The van der Waals surface area contributed by atoms with E-state index >= 15 is 0 Å². The van der Waals surface area contributed by atoms with Crippen LogP contribution in [0.15, 0.2) is 65.4 Å². The maximum atomic E-state index is 4.27. The third kappa shape index (κ3) is 8.21. The summed E-state index contributed by atoms with van der Waals surface area (Å²) in [5.74, 6) is 0.558. The number of hydrogen-bond donors (Lipinski definition) is 0. The Morgan fingerprint density at radius 3 is 2.53 bits per heavy atom. The molecular weight excluding hydrogens is 206 g/mol. The molecule has 0 radical (unpaired) electrons. The average molecular weight is 229 g/mol. The van der Waals surface area contributed by atoms with E-state index in [0.717, 1.165) is 11.1 Å². The van der Waals surface area contributed by atoms with Gasteiger partial charge in [0.1, 0.15) is 0 Å². The summed E-state index contributed by atoms with van der Waals surface area (Å²) in [6, 6.07) is 0. The molecule has 1 nitrogen and oxygen atoms in total. The quantitative estimate of drug-likeness (QED) is 0.455. The summed E-state index contributed by atoms with van der Waals surface area (Å²) in [5, 5.41) is 0. The lowest BCUT2D eigenvalue weighted by Crippen LogP contribution is -1.81. The molecule has 0 aromatic carbocycles. The van der Waals surface area contributed by atoms with Crippen LogP contribution in [0.2, 0.25) is 0 Å². The fraction of sp³-hybridized carbons (Fsp3) is 0.312. The van der Waals surface area contributed by atoms with E-state index in [4.69, 9.17) is 0 Å². The van der Waals surface area contributed by atoms with Crippen LogP contribution in [0.1, 0.15) is 27.7 Å². The molecule has 0 fully saturated rings. The van der Waals surface area contributed by atoms with Crippen LogP contribution < -0.4 is 0 Å². The molecule has 0 heterocycles. The number of hydrogen-bond acceptors (Lipinski definition) is 1. The SMILES string of the molecule is C=C/C=C(/C)C(=C/N=C\C=C/C(C)C)/C=C\C. The van der Waals surface area contributed by atoms with E-state index in [1.165, 1.54) is 0 Å². The highest BCUT2D eigenvalue weighted by molar-refractivity contribution is 5.71. The molecule has 0 unspecified atom stereocenters. The zero-order chi connectivity index (χ0) is 13.1. The molecule has 0 amide bonds. The van der Waals surface area contributed by atoms with Gasteiger partial charge in [0, 0.05) is 12.4 Å². The lowest BCUT2D eigenvalue weighted by Gasteiger charge is -1.99. The van der Waals surface area contributed by atoms with Crippen molar-refractivity contribution in [3.8, 4) is 0 Å². The second-order valence-electron chi connectivity index (χ2n) is 4.10. The highest BCUT2D eigenvalue weighted by Gasteiger charge is 1.92. The van der Waals surface area contributed by atoms with Crippen molar-refractivity contribution in [2.45, 2.75) is 27.7 Å². The molecular formula is C16H23N. The minimum Gasteiger partial charge on any atom is -0.264 e. The predicted octanol–water partition coefficient (Wildman–Crippen LogP) is 4.86. The van der Waals surface area contributed by atoms with Crippen LogP contribution in [0.4, 0.5) is 0 Å². The molecule has 0 bridgehead atoms. The fourth-order valence-corrected chi connectivity index (χ4v) is 1.17. The Balaban J connectivity index is 4.73. The smallest absolute Gasteiger partial charge is 0.0342 e. The summed E-state index contributed by atoms with van der Waals surface area (Å²) in [4.78, 5) is 4.27. The second kappa shape index (κ2) is 9.59. The first-order valence-corrected chi connectivity index (χ1v) is 5.94. The van der Waals surface area contributed by atoms with Gasteiger partial charge in [-0.25, -0.2) is 0 Å². The van der Waals surface area contributed by atoms with Crippen molar-refractivity contribution in [1.29, 1.82) is 0 Å². The Kier molecular flexibility index (Phi) is 8.67. The summed E-state index contributed by atoms with van der Waals surface area (Å²) >= 11 is 0. The third-order valence-corrected chi connectivity index (χ3v) is 2.05. The molecule has 0 rings (SSSR count). The molecule has 0 aliphatic heterocycles. The Hall–Kier alpha value is -1.63. The molecule has 92 valence electrons. The van der Waals surface area contributed by atoms with Gasteiger partial charge in [-0.2, -0.15) is 0 Å². The Morgan fingerprint density at radius 2 is 2.00 bits per heavy atom. The Labute approximate surface area is 106 Å². The molecule has 17 heavy (non-hydrogen) atoms. The monoisotopic (exact) mass is 229 g/mol. The van der Waals surface area contributed by atoms with Crippen LogP contribution in [0, 0.1) is 5.92 Å². The summed E-state index contributed by atoms with van der Waals surface area (Å²) < 4.78 is 0. The molecule has 0 saturated carbocycles. The highest BCUT2D eigenvalue weighted by Crippen LogP contribution is 2.11. The van der Waals surface area contributed by atoms with Crippen molar-refractivity contribution in [3.05, 3.63) is 60.4 Å². The van der Waals surface area contributed by atoms with Gasteiger partial charge in [-0.15, -0.1) is 0 Å². The van der Waals surface area contributed by atoms with Crippen LogP contribution in [-0.4, -0.2) is 6.21 Å². The van der Waals surface area contributed by atoms with Crippen LogP contribution >= 0.6 is 0 Å². The van der Waals surface area contributed by atoms with Crippen LogP contribution in [0.5, 0.6) is 0 Å². The van der Waals surface area contributed by atoms with Crippen LogP contribution in [0.3, 0.4) is 0 Å². The summed E-state index contributed by atoms with van der Waals surface area (Å²) in [5.41, 5.74) is 2.25. The van der Waals surface area contributed by atoms with Gasteiger partial charge in [-0.1, -0.05) is 50.8 Å². The number of aliphatic imine (C=N–C) groups is 1. The average Bonchev–Trinajstić information content (AvgIpc) is 2.27. The first-order valence-electron chi connectivity index (χ1n) is 5.94. The van der Waals surface area contributed by atoms with Gasteiger partial charge in [0.15, 0.2) is 0 Å². The van der Waals surface area contributed by atoms with Gasteiger partial charge in [-0.05, 0) is 37.0 Å². The van der Waals surface area contributed by atoms with Crippen molar-refractivity contribution in [3.63, 3.8) is 0 Å². The molecule has 0 aliphatic rings. The standard InChI is InChI=1S/C16H23N/c1-6-9-15(5)16(10-7-2)13-17-12-8-11-14(3)4/h6-14H,1H2,2-5H3/b10-7-,11-8-,15-9-,16-13+,17-12-. The van der Waals surface area contributed by atoms with Gasteiger partial charge < -0.3 is 0 Å². The number of rotatable bonds is 6. The Morgan fingerprint density at radius 1 is 1.29 bits per heavy atom. The topological polar surface area (TPSA) is 12.4 Å². The molecule has 0 saturated heterocycles. The van der Waals surface area contributed by atoms with Crippen LogP contribution in [-0.2, 0) is 0 Å². The van der Waals surface area contributed by atoms with E-state index in [1.807, 2.05) is 50.6 Å². The molecule has 0 N–H and O–H groups in total. The normalized spacial score (nSPS) is 14.6. The van der Waals surface area contributed by atoms with Gasteiger partial charge >= 0.3 is 0 Å². The van der Waals surface area contributed by atoms with Crippen molar-refractivity contribution in [1.82, 2.24) is 0 Å². The molecule has 1 heteroatoms. The molecule has 0 spiro atoms. The fourth-order valence-electron chi connectivity index (χ4n) is 1.17. The minimum absolute atomic E-state index is 0.558. The summed E-state index contributed by atoms with van der Waals surface area (Å²) in [6.45, 7) is 12.0. The minimum atomic E-state index is 0.558. The van der Waals surface area contributed by atoms with E-state index in [0.29, 0.717) is 5.92 Å². The van der Waals surface area contributed by atoms with Crippen molar-refractivity contribution in [2.24, 2.45) is 10.9 Å². The first-order chi connectivity index (χ1) is 8.11. The largest absolute Gasteiger partial charge is 0.264 e. The van der Waals surface area contributed by atoms with E-state index in [9.17, 15) is 0 Å². The van der Waals surface area contributed by atoms with Crippen molar-refractivity contribution < 1.29 is 0 Å². The van der Waals surface area contributed by atoms with Crippen LogP contribution in [0.25, 0.3) is 0 Å². The van der Waals surface area contributed by atoms with Crippen molar-refractivity contribution >= 4 is 6.21 Å². The van der Waals surface area contributed by atoms with E-state index in [-0.39, 0.29) is 0 Å². The van der Waals surface area contributed by atoms with Crippen molar-refractivity contribution in [2.75, 3.05) is 0 Å². The van der Waals surface area contributed by atoms with Gasteiger partial charge in [-0.3, -0.25) is 4.99 Å². The summed E-state index contributed by atoms with van der Waals surface area (Å²) in [7, 11) is 0. The molecule has 0 atom stereocenters. The zero-order valence-electron chi connectivity index (χ0n) is 11.4. The molecule has 0 aromatic heterocycles. The van der Waals surface area contributed by atoms with E-state index in [2.05, 4.69) is 31.5 Å². The number of nitrogens with zero attached hydrogens (tertiary/aromatic N) is 1. The van der Waals surface area contributed by atoms with E-state index < -0.39 is 0 Å². The lowest BCUT2D eigenvalue weighted by atomic mass is 10.1. The predicted molar refractivity (Wildman–Crippen MR) is 79.3 cm³/mol. The maximum Gasteiger partial charge on any atom is 0.0342 e. The first kappa shape index (κ1) is 15.4.